The molecule has 19 heavy (non-hydrogen) atoms. The van der Waals surface area contributed by atoms with Crippen LogP contribution in [-0.4, -0.2) is 16.7 Å². The van der Waals surface area contributed by atoms with E-state index >= 15 is 0 Å². The monoisotopic (exact) mass is 325 g/mol. The Balaban J connectivity index is 1.99. The number of benzene rings is 1. The number of nitrogens with zero attached hydrogens (tertiary/aromatic N) is 2. The number of aromatic nitrogens is 2. The topological polar surface area (TPSA) is 51.0 Å². The third-order valence-electron chi connectivity index (χ3n) is 3.44. The summed E-state index contributed by atoms with van der Waals surface area (Å²) in [5.74, 6) is 0.627. The van der Waals surface area contributed by atoms with Crippen LogP contribution >= 0.6 is 15.9 Å². The fourth-order valence-electron chi connectivity index (χ4n) is 2.30. The summed E-state index contributed by atoms with van der Waals surface area (Å²) < 4.78 is 19.4. The molecule has 1 aromatic carbocycles. The van der Waals surface area contributed by atoms with Crippen LogP contribution in [0.5, 0.6) is 0 Å². The highest BCUT2D eigenvalue weighted by Crippen LogP contribution is 2.32. The minimum Gasteiger partial charge on any atom is -0.337 e. The molecule has 1 aliphatic rings. The Morgan fingerprint density at radius 3 is 3.05 bits per heavy atom. The summed E-state index contributed by atoms with van der Waals surface area (Å²) in [6.45, 7) is 2.98. The Hall–Kier alpha value is -1.27. The van der Waals surface area contributed by atoms with E-state index in [1.165, 1.54) is 12.1 Å². The van der Waals surface area contributed by atoms with Crippen LogP contribution in [0.15, 0.2) is 27.2 Å². The summed E-state index contributed by atoms with van der Waals surface area (Å²) in [6, 6.07) is 4.41. The van der Waals surface area contributed by atoms with Gasteiger partial charge < -0.3 is 9.84 Å². The Morgan fingerprint density at radius 1 is 1.47 bits per heavy atom. The van der Waals surface area contributed by atoms with Crippen LogP contribution in [0, 0.1) is 5.82 Å². The fourth-order valence-corrected chi connectivity index (χ4v) is 2.73. The van der Waals surface area contributed by atoms with Crippen molar-refractivity contribution in [1.29, 1.82) is 0 Å². The van der Waals surface area contributed by atoms with Crippen LogP contribution in [0.4, 0.5) is 4.39 Å². The zero-order chi connectivity index (χ0) is 13.5. The summed E-state index contributed by atoms with van der Waals surface area (Å²) in [5, 5.41) is 7.31. The highest BCUT2D eigenvalue weighted by Gasteiger charge is 2.35. The maximum Gasteiger partial charge on any atom is 0.246 e. The molecule has 1 unspecified atom stereocenters. The second-order valence-electron chi connectivity index (χ2n) is 4.91. The van der Waals surface area contributed by atoms with Crippen molar-refractivity contribution in [1.82, 2.24) is 15.5 Å². The lowest BCUT2D eigenvalue weighted by atomic mass is 10.0. The minimum atomic E-state index is -0.324. The van der Waals surface area contributed by atoms with Crippen molar-refractivity contribution < 1.29 is 8.91 Å². The van der Waals surface area contributed by atoms with Crippen molar-refractivity contribution in [2.75, 3.05) is 6.54 Å². The normalized spacial score (nSPS) is 22.9. The van der Waals surface area contributed by atoms with Gasteiger partial charge in [0, 0.05) is 10.0 Å². The third-order valence-corrected chi connectivity index (χ3v) is 4.13. The Labute approximate surface area is 118 Å². The molecule has 0 aliphatic carbocycles. The molecule has 0 radical (unpaired) electrons. The molecule has 3 rings (SSSR count). The van der Waals surface area contributed by atoms with E-state index in [1.807, 2.05) is 6.92 Å². The molecule has 1 aromatic heterocycles. The van der Waals surface area contributed by atoms with Crippen LogP contribution in [-0.2, 0) is 5.54 Å². The van der Waals surface area contributed by atoms with Gasteiger partial charge >= 0.3 is 0 Å². The van der Waals surface area contributed by atoms with Crippen molar-refractivity contribution in [2.45, 2.75) is 25.3 Å². The van der Waals surface area contributed by atoms with Gasteiger partial charge in [-0.1, -0.05) is 21.1 Å². The number of hydrogen-bond donors (Lipinski definition) is 1. The summed E-state index contributed by atoms with van der Waals surface area (Å²) >= 11 is 3.37. The molecular formula is C13H13BrFN3O. The number of halogens is 2. The van der Waals surface area contributed by atoms with E-state index < -0.39 is 0 Å². The fraction of sp³-hybridized carbons (Fsp3) is 0.385. The van der Waals surface area contributed by atoms with Crippen LogP contribution in [0.3, 0.4) is 0 Å². The molecule has 0 spiro atoms. The maximum absolute atomic E-state index is 13.3. The average Bonchev–Trinajstić information content (AvgIpc) is 3.02. The number of rotatable bonds is 2. The molecule has 0 saturated carbocycles. The molecule has 6 heteroatoms. The maximum atomic E-state index is 13.3. The van der Waals surface area contributed by atoms with Gasteiger partial charge in [0.1, 0.15) is 5.82 Å². The largest absolute Gasteiger partial charge is 0.337 e. The van der Waals surface area contributed by atoms with E-state index in [9.17, 15) is 4.39 Å². The van der Waals surface area contributed by atoms with Gasteiger partial charge in [-0.3, -0.25) is 0 Å². The molecule has 1 N–H and O–H groups in total. The molecule has 0 amide bonds. The molecule has 100 valence electrons. The van der Waals surface area contributed by atoms with E-state index in [0.29, 0.717) is 17.3 Å². The van der Waals surface area contributed by atoms with Gasteiger partial charge in [-0.2, -0.15) is 4.98 Å². The Morgan fingerprint density at radius 2 is 2.32 bits per heavy atom. The number of hydrogen-bond acceptors (Lipinski definition) is 4. The van der Waals surface area contributed by atoms with E-state index in [2.05, 4.69) is 31.4 Å². The van der Waals surface area contributed by atoms with Gasteiger partial charge in [0.05, 0.1) is 5.54 Å². The van der Waals surface area contributed by atoms with Gasteiger partial charge in [-0.05, 0) is 44.5 Å². The highest BCUT2D eigenvalue weighted by atomic mass is 79.9. The van der Waals surface area contributed by atoms with E-state index in [1.54, 1.807) is 6.07 Å². The number of nitrogens with one attached hydrogen (secondary N) is 1. The molecule has 2 heterocycles. The van der Waals surface area contributed by atoms with E-state index in [-0.39, 0.29) is 11.4 Å². The lowest BCUT2D eigenvalue weighted by Gasteiger charge is -2.18. The van der Waals surface area contributed by atoms with E-state index in [0.717, 1.165) is 23.9 Å². The van der Waals surface area contributed by atoms with Crippen molar-refractivity contribution in [3.63, 3.8) is 0 Å². The lowest BCUT2D eigenvalue weighted by molar-refractivity contribution is 0.275. The van der Waals surface area contributed by atoms with Crippen molar-refractivity contribution in [3.05, 3.63) is 34.4 Å². The summed E-state index contributed by atoms with van der Waals surface area (Å²) in [5.41, 5.74) is 0.321. The van der Waals surface area contributed by atoms with Gasteiger partial charge in [-0.15, -0.1) is 0 Å². The van der Waals surface area contributed by atoms with Crippen LogP contribution in [0.25, 0.3) is 11.4 Å². The third kappa shape index (κ3) is 2.30. The quantitative estimate of drug-likeness (QED) is 0.920. The lowest BCUT2D eigenvalue weighted by Crippen LogP contribution is -2.33. The van der Waals surface area contributed by atoms with Gasteiger partial charge in [0.2, 0.25) is 11.7 Å². The van der Waals surface area contributed by atoms with Crippen LogP contribution < -0.4 is 5.32 Å². The van der Waals surface area contributed by atoms with Gasteiger partial charge in [0.15, 0.2) is 0 Å². The average molecular weight is 326 g/mol. The molecule has 1 saturated heterocycles. The molecule has 1 atom stereocenters. The molecule has 1 fully saturated rings. The predicted octanol–water partition coefficient (Wildman–Crippen LogP) is 3.24. The van der Waals surface area contributed by atoms with Crippen LogP contribution in [0.2, 0.25) is 0 Å². The Kier molecular flexibility index (Phi) is 3.14. The molecule has 4 nitrogen and oxygen atoms in total. The second kappa shape index (κ2) is 4.68. The summed E-state index contributed by atoms with van der Waals surface area (Å²) in [7, 11) is 0. The molecule has 1 aliphatic heterocycles. The minimum absolute atomic E-state index is 0.273. The smallest absolute Gasteiger partial charge is 0.246 e. The first kappa shape index (κ1) is 12.7. The highest BCUT2D eigenvalue weighted by molar-refractivity contribution is 9.10. The van der Waals surface area contributed by atoms with Gasteiger partial charge in [-0.25, -0.2) is 4.39 Å². The first-order chi connectivity index (χ1) is 9.08. The first-order valence-electron chi connectivity index (χ1n) is 6.13. The van der Waals surface area contributed by atoms with Gasteiger partial charge in [0.25, 0.3) is 0 Å². The SMILES string of the molecule is CC1(c2nc(-c3cc(F)ccc3Br)no2)CCCN1. The summed E-state index contributed by atoms with van der Waals surface area (Å²) in [6.07, 6.45) is 2.04. The predicted molar refractivity (Wildman–Crippen MR) is 72.0 cm³/mol. The zero-order valence-electron chi connectivity index (χ0n) is 10.4. The first-order valence-corrected chi connectivity index (χ1v) is 6.92. The van der Waals surface area contributed by atoms with Crippen LogP contribution in [0.1, 0.15) is 25.7 Å². The molecule has 2 aromatic rings. The zero-order valence-corrected chi connectivity index (χ0v) is 12.0. The standard InChI is InChI=1S/C13H13BrFN3O/c1-13(5-2-6-16-13)12-17-11(18-19-12)9-7-8(15)3-4-10(9)14/h3-4,7,16H,2,5-6H2,1H3. The molecule has 0 bridgehead atoms. The van der Waals surface area contributed by atoms with E-state index in [4.69, 9.17) is 4.52 Å². The van der Waals surface area contributed by atoms with Crippen molar-refractivity contribution >= 4 is 15.9 Å². The van der Waals surface area contributed by atoms with Crippen molar-refractivity contribution in [2.24, 2.45) is 0 Å². The second-order valence-corrected chi connectivity index (χ2v) is 5.76. The summed E-state index contributed by atoms with van der Waals surface area (Å²) in [4.78, 5) is 4.40. The Bertz CT molecular complexity index is 608. The van der Waals surface area contributed by atoms with Crippen molar-refractivity contribution in [3.8, 4) is 11.4 Å². The molecular weight excluding hydrogens is 313 g/mol.